The number of aliphatic hydroxyl groups excluding tert-OH is 1. The van der Waals surface area contributed by atoms with Crippen LogP contribution in [0.4, 0.5) is 11.4 Å². The monoisotopic (exact) mass is 281 g/mol. The van der Waals surface area contributed by atoms with Gasteiger partial charge in [0, 0.05) is 31.8 Å². The van der Waals surface area contributed by atoms with Gasteiger partial charge in [-0.2, -0.15) is 0 Å². The molecule has 20 heavy (non-hydrogen) atoms. The number of likely N-dealkylation sites (N-methyl/N-ethyl adjacent to an activating group) is 1. The number of nitrogens with one attached hydrogen (secondary N) is 1. The number of nitro groups is 1. The standard InChI is InChI=1S/C13H19N3O4/c1-3-6-14-11-9-10(4-5-12(11)16(19)20)13(18)15(2)7-8-17/h4-5,9,14,17H,3,6-8H2,1-2H3. The number of nitrogens with zero attached hydrogens (tertiary/aromatic N) is 2. The summed E-state index contributed by atoms with van der Waals surface area (Å²) in [6, 6.07) is 4.22. The van der Waals surface area contributed by atoms with Crippen molar-refractivity contribution in [3.8, 4) is 0 Å². The van der Waals surface area contributed by atoms with E-state index in [1.54, 1.807) is 7.05 Å². The van der Waals surface area contributed by atoms with E-state index in [9.17, 15) is 14.9 Å². The minimum absolute atomic E-state index is 0.0557. The molecular formula is C13H19N3O4. The lowest BCUT2D eigenvalue weighted by Crippen LogP contribution is -2.29. The van der Waals surface area contributed by atoms with Crippen LogP contribution in [0.2, 0.25) is 0 Å². The average molecular weight is 281 g/mol. The number of hydrogen-bond donors (Lipinski definition) is 2. The third-order valence-corrected chi connectivity index (χ3v) is 2.79. The maximum Gasteiger partial charge on any atom is 0.292 e. The zero-order valence-electron chi connectivity index (χ0n) is 11.6. The quantitative estimate of drug-likeness (QED) is 0.583. The number of nitro benzene ring substituents is 1. The number of carbonyl (C=O) groups excluding carboxylic acids is 1. The average Bonchev–Trinajstić information content (AvgIpc) is 2.44. The topological polar surface area (TPSA) is 95.7 Å². The minimum atomic E-state index is -0.482. The van der Waals surface area contributed by atoms with E-state index in [4.69, 9.17) is 5.11 Å². The Morgan fingerprint density at radius 1 is 1.50 bits per heavy atom. The molecule has 0 saturated carbocycles. The Bertz CT molecular complexity index is 491. The fourth-order valence-corrected chi connectivity index (χ4v) is 1.70. The maximum atomic E-state index is 12.1. The van der Waals surface area contributed by atoms with Gasteiger partial charge in [-0.3, -0.25) is 14.9 Å². The number of benzene rings is 1. The summed E-state index contributed by atoms with van der Waals surface area (Å²) in [5.74, 6) is -0.284. The van der Waals surface area contributed by atoms with Crippen LogP contribution in [0.5, 0.6) is 0 Å². The normalized spacial score (nSPS) is 10.2. The van der Waals surface area contributed by atoms with Gasteiger partial charge < -0.3 is 15.3 Å². The fraction of sp³-hybridized carbons (Fsp3) is 0.462. The Labute approximate surface area is 117 Å². The molecule has 110 valence electrons. The lowest BCUT2D eigenvalue weighted by molar-refractivity contribution is -0.384. The second kappa shape index (κ2) is 7.44. The molecule has 0 heterocycles. The Hall–Kier alpha value is -2.15. The number of anilines is 1. The predicted molar refractivity (Wildman–Crippen MR) is 75.9 cm³/mol. The SMILES string of the molecule is CCCNc1cc(C(=O)N(C)CCO)ccc1[N+](=O)[O-]. The van der Waals surface area contributed by atoms with Gasteiger partial charge in [-0.25, -0.2) is 0 Å². The summed E-state index contributed by atoms with van der Waals surface area (Å²) >= 11 is 0. The molecule has 1 aromatic carbocycles. The van der Waals surface area contributed by atoms with Crippen LogP contribution in [0.1, 0.15) is 23.7 Å². The first kappa shape index (κ1) is 15.9. The van der Waals surface area contributed by atoms with E-state index < -0.39 is 4.92 Å². The number of carbonyl (C=O) groups is 1. The van der Waals surface area contributed by atoms with Gasteiger partial charge in [0.1, 0.15) is 5.69 Å². The van der Waals surface area contributed by atoms with Crippen LogP contribution in [-0.4, -0.2) is 47.6 Å². The molecule has 0 bridgehead atoms. The summed E-state index contributed by atoms with van der Waals surface area (Å²) < 4.78 is 0. The number of hydrogen-bond acceptors (Lipinski definition) is 5. The zero-order chi connectivity index (χ0) is 15.1. The molecule has 0 aliphatic carbocycles. The Kier molecular flexibility index (Phi) is 5.92. The van der Waals surface area contributed by atoms with Gasteiger partial charge >= 0.3 is 0 Å². The molecular weight excluding hydrogens is 262 g/mol. The van der Waals surface area contributed by atoms with Crippen molar-refractivity contribution >= 4 is 17.3 Å². The molecule has 0 unspecified atom stereocenters. The highest BCUT2D eigenvalue weighted by atomic mass is 16.6. The summed E-state index contributed by atoms with van der Waals surface area (Å²) in [7, 11) is 1.57. The Morgan fingerprint density at radius 2 is 2.20 bits per heavy atom. The molecule has 1 rings (SSSR count). The van der Waals surface area contributed by atoms with Crippen LogP contribution >= 0.6 is 0 Å². The van der Waals surface area contributed by atoms with Crippen molar-refractivity contribution in [2.24, 2.45) is 0 Å². The summed E-state index contributed by atoms with van der Waals surface area (Å²) in [5, 5.41) is 22.7. The van der Waals surface area contributed by atoms with Crippen molar-refractivity contribution in [2.45, 2.75) is 13.3 Å². The molecule has 1 aromatic rings. The van der Waals surface area contributed by atoms with E-state index >= 15 is 0 Å². The van der Waals surface area contributed by atoms with Crippen molar-refractivity contribution in [1.29, 1.82) is 0 Å². The van der Waals surface area contributed by atoms with Gasteiger partial charge in [-0.15, -0.1) is 0 Å². The van der Waals surface area contributed by atoms with E-state index in [0.717, 1.165) is 6.42 Å². The van der Waals surface area contributed by atoms with Crippen LogP contribution in [0.3, 0.4) is 0 Å². The smallest absolute Gasteiger partial charge is 0.292 e. The van der Waals surface area contributed by atoms with Gasteiger partial charge in [-0.05, 0) is 18.6 Å². The summed E-state index contributed by atoms with van der Waals surface area (Å²) in [6.45, 7) is 2.62. The third-order valence-electron chi connectivity index (χ3n) is 2.79. The number of amides is 1. The zero-order valence-corrected chi connectivity index (χ0v) is 11.6. The molecule has 0 aliphatic heterocycles. The second-order valence-corrected chi connectivity index (χ2v) is 4.37. The number of rotatable bonds is 7. The second-order valence-electron chi connectivity index (χ2n) is 4.37. The largest absolute Gasteiger partial charge is 0.395 e. The molecule has 0 atom stereocenters. The fourth-order valence-electron chi connectivity index (χ4n) is 1.70. The molecule has 0 saturated heterocycles. The van der Waals surface area contributed by atoms with E-state index in [1.807, 2.05) is 6.92 Å². The Balaban J connectivity index is 3.05. The highest BCUT2D eigenvalue weighted by Gasteiger charge is 2.18. The van der Waals surface area contributed by atoms with Gasteiger partial charge in [0.05, 0.1) is 11.5 Å². The van der Waals surface area contributed by atoms with Crippen molar-refractivity contribution < 1.29 is 14.8 Å². The molecule has 0 spiro atoms. The number of aliphatic hydroxyl groups is 1. The van der Waals surface area contributed by atoms with Gasteiger partial charge in [0.15, 0.2) is 0 Å². The van der Waals surface area contributed by atoms with Crippen molar-refractivity contribution in [3.63, 3.8) is 0 Å². The van der Waals surface area contributed by atoms with Crippen molar-refractivity contribution in [3.05, 3.63) is 33.9 Å². The Morgan fingerprint density at radius 3 is 2.75 bits per heavy atom. The van der Waals surface area contributed by atoms with Gasteiger partial charge in [0.2, 0.25) is 0 Å². The molecule has 7 heteroatoms. The van der Waals surface area contributed by atoms with E-state index in [-0.39, 0.29) is 24.7 Å². The van der Waals surface area contributed by atoms with Crippen LogP contribution in [0.25, 0.3) is 0 Å². The third kappa shape index (κ3) is 3.92. The predicted octanol–water partition coefficient (Wildman–Crippen LogP) is 1.48. The summed E-state index contributed by atoms with van der Waals surface area (Å²) in [6.07, 6.45) is 0.819. The first-order chi connectivity index (χ1) is 9.51. The maximum absolute atomic E-state index is 12.1. The molecule has 7 nitrogen and oxygen atoms in total. The highest BCUT2D eigenvalue weighted by Crippen LogP contribution is 2.26. The highest BCUT2D eigenvalue weighted by molar-refractivity contribution is 5.95. The first-order valence-corrected chi connectivity index (χ1v) is 6.39. The van der Waals surface area contributed by atoms with Crippen LogP contribution in [0.15, 0.2) is 18.2 Å². The molecule has 1 amide bonds. The molecule has 0 aromatic heterocycles. The van der Waals surface area contributed by atoms with Crippen molar-refractivity contribution in [2.75, 3.05) is 32.1 Å². The summed E-state index contributed by atoms with van der Waals surface area (Å²) in [5.41, 5.74) is 0.630. The summed E-state index contributed by atoms with van der Waals surface area (Å²) in [4.78, 5) is 23.9. The lowest BCUT2D eigenvalue weighted by Gasteiger charge is -2.16. The lowest BCUT2D eigenvalue weighted by atomic mass is 10.1. The molecule has 0 aliphatic rings. The van der Waals surface area contributed by atoms with E-state index in [1.165, 1.54) is 23.1 Å². The van der Waals surface area contributed by atoms with Crippen LogP contribution in [0, 0.1) is 10.1 Å². The van der Waals surface area contributed by atoms with Crippen LogP contribution in [-0.2, 0) is 0 Å². The van der Waals surface area contributed by atoms with Crippen molar-refractivity contribution in [1.82, 2.24) is 4.90 Å². The minimum Gasteiger partial charge on any atom is -0.395 e. The van der Waals surface area contributed by atoms with E-state index in [2.05, 4.69) is 5.32 Å². The first-order valence-electron chi connectivity index (χ1n) is 6.39. The van der Waals surface area contributed by atoms with Crippen LogP contribution < -0.4 is 5.32 Å². The molecule has 0 fully saturated rings. The molecule has 2 N–H and O–H groups in total. The van der Waals surface area contributed by atoms with Gasteiger partial charge in [0.25, 0.3) is 11.6 Å². The van der Waals surface area contributed by atoms with Gasteiger partial charge in [-0.1, -0.05) is 6.92 Å². The molecule has 0 radical (unpaired) electrons. The van der Waals surface area contributed by atoms with E-state index in [0.29, 0.717) is 17.8 Å².